The molecular formula is C27H23FN2OS. The van der Waals surface area contributed by atoms with Crippen molar-refractivity contribution >= 4 is 28.6 Å². The van der Waals surface area contributed by atoms with E-state index in [0.29, 0.717) is 11.5 Å². The Morgan fingerprint density at radius 2 is 1.78 bits per heavy atom. The number of fused-ring (bicyclic) bond motifs is 1. The fraction of sp³-hybridized carbons (Fsp3) is 0.185. The topological polar surface area (TPSA) is 42.0 Å². The van der Waals surface area contributed by atoms with Gasteiger partial charge in [0.1, 0.15) is 5.82 Å². The first-order chi connectivity index (χ1) is 15.7. The summed E-state index contributed by atoms with van der Waals surface area (Å²) in [4.78, 5) is 19.5. The lowest BCUT2D eigenvalue weighted by molar-refractivity contribution is 0.0930. The molecule has 1 saturated carbocycles. The van der Waals surface area contributed by atoms with Gasteiger partial charge in [-0.3, -0.25) is 4.79 Å². The highest BCUT2D eigenvalue weighted by atomic mass is 32.2. The van der Waals surface area contributed by atoms with E-state index < -0.39 is 0 Å². The summed E-state index contributed by atoms with van der Waals surface area (Å²) in [7, 11) is 0. The van der Waals surface area contributed by atoms with E-state index in [1.54, 1.807) is 6.07 Å². The maximum atomic E-state index is 13.9. The third kappa shape index (κ3) is 4.00. The highest BCUT2D eigenvalue weighted by Gasteiger charge is 2.34. The third-order valence-corrected chi connectivity index (χ3v) is 6.72. The molecule has 1 heterocycles. The Balaban J connectivity index is 1.63. The highest BCUT2D eigenvalue weighted by Crippen LogP contribution is 2.42. The van der Waals surface area contributed by atoms with Crippen LogP contribution >= 0.6 is 11.8 Å². The van der Waals surface area contributed by atoms with E-state index in [0.717, 1.165) is 45.5 Å². The summed E-state index contributed by atoms with van der Waals surface area (Å²) in [6.45, 7) is 0. The molecule has 3 aromatic carbocycles. The first kappa shape index (κ1) is 20.7. The van der Waals surface area contributed by atoms with Gasteiger partial charge in [0.05, 0.1) is 22.8 Å². The molecule has 1 unspecified atom stereocenters. The van der Waals surface area contributed by atoms with Gasteiger partial charge in [-0.25, -0.2) is 9.37 Å². The molecule has 1 aliphatic carbocycles. The van der Waals surface area contributed by atoms with Gasteiger partial charge >= 0.3 is 0 Å². The molecule has 5 heteroatoms. The Morgan fingerprint density at radius 3 is 2.50 bits per heavy atom. The van der Waals surface area contributed by atoms with Crippen molar-refractivity contribution in [2.24, 2.45) is 5.92 Å². The van der Waals surface area contributed by atoms with Gasteiger partial charge in [-0.15, -0.1) is 11.8 Å². The van der Waals surface area contributed by atoms with Gasteiger partial charge in [0.15, 0.2) is 0 Å². The number of benzene rings is 3. The molecule has 1 amide bonds. The minimum atomic E-state index is -0.284. The summed E-state index contributed by atoms with van der Waals surface area (Å²) < 4.78 is 13.9. The first-order valence-corrected chi connectivity index (χ1v) is 12.0. The fourth-order valence-corrected chi connectivity index (χ4v) is 4.99. The second kappa shape index (κ2) is 8.75. The van der Waals surface area contributed by atoms with E-state index in [9.17, 15) is 9.18 Å². The summed E-state index contributed by atoms with van der Waals surface area (Å²) in [5.41, 5.74) is 4.00. The molecule has 160 valence electrons. The molecular weight excluding hydrogens is 419 g/mol. The van der Waals surface area contributed by atoms with Crippen molar-refractivity contribution in [2.45, 2.75) is 23.8 Å². The van der Waals surface area contributed by atoms with E-state index in [-0.39, 0.29) is 17.8 Å². The minimum Gasteiger partial charge on any atom is -0.345 e. The number of pyridine rings is 1. The second-order valence-corrected chi connectivity index (χ2v) is 8.91. The normalized spacial score (nSPS) is 14.3. The van der Waals surface area contributed by atoms with Crippen LogP contribution in [0.2, 0.25) is 0 Å². The standard InChI is InChI=1S/C27H23FN2OS/c1-32-26-23(27(31)30-24(18-14-15-18)19-10-7-11-20(28)16-19)21-12-5-6-13-22(21)29-25(26)17-8-3-2-4-9-17/h2-13,16,18,24H,14-15H2,1H3,(H,30,31). The van der Waals surface area contributed by atoms with Crippen molar-refractivity contribution in [3.05, 3.63) is 95.8 Å². The Labute approximate surface area is 191 Å². The number of hydrogen-bond donors (Lipinski definition) is 1. The third-order valence-electron chi connectivity index (χ3n) is 5.91. The Morgan fingerprint density at radius 1 is 1.03 bits per heavy atom. The van der Waals surface area contributed by atoms with E-state index in [1.807, 2.05) is 66.9 Å². The number of nitrogens with one attached hydrogen (secondary N) is 1. The predicted molar refractivity (Wildman–Crippen MR) is 128 cm³/mol. The Hall–Kier alpha value is -3.18. The first-order valence-electron chi connectivity index (χ1n) is 10.7. The predicted octanol–water partition coefficient (Wildman–Crippen LogP) is 6.64. The van der Waals surface area contributed by atoms with Crippen molar-refractivity contribution in [3.63, 3.8) is 0 Å². The number of rotatable bonds is 6. The number of amides is 1. The number of nitrogens with zero attached hydrogens (tertiary/aromatic N) is 1. The molecule has 5 rings (SSSR count). The van der Waals surface area contributed by atoms with Gasteiger partial charge in [0.2, 0.25) is 0 Å². The average molecular weight is 443 g/mol. The summed E-state index contributed by atoms with van der Waals surface area (Å²) >= 11 is 1.53. The van der Waals surface area contributed by atoms with Gasteiger partial charge in [0, 0.05) is 15.8 Å². The molecule has 0 radical (unpaired) electrons. The van der Waals surface area contributed by atoms with Crippen LogP contribution in [0.5, 0.6) is 0 Å². The van der Waals surface area contributed by atoms with E-state index in [4.69, 9.17) is 4.98 Å². The van der Waals surface area contributed by atoms with Crippen LogP contribution in [0.1, 0.15) is 34.8 Å². The quantitative estimate of drug-likeness (QED) is 0.340. The number of carbonyl (C=O) groups is 1. The van der Waals surface area contributed by atoms with Crippen molar-refractivity contribution in [1.29, 1.82) is 0 Å². The van der Waals surface area contributed by atoms with Crippen molar-refractivity contribution < 1.29 is 9.18 Å². The number of hydrogen-bond acceptors (Lipinski definition) is 3. The van der Waals surface area contributed by atoms with Crippen LogP contribution < -0.4 is 5.32 Å². The van der Waals surface area contributed by atoms with Crippen LogP contribution in [0.3, 0.4) is 0 Å². The maximum Gasteiger partial charge on any atom is 0.253 e. The molecule has 1 N–H and O–H groups in total. The van der Waals surface area contributed by atoms with Gasteiger partial charge in [-0.1, -0.05) is 60.7 Å². The number of para-hydroxylation sites is 1. The molecule has 4 aromatic rings. The van der Waals surface area contributed by atoms with Crippen LogP contribution in [-0.2, 0) is 0 Å². The van der Waals surface area contributed by atoms with Crippen LogP contribution in [0.25, 0.3) is 22.2 Å². The smallest absolute Gasteiger partial charge is 0.253 e. The zero-order chi connectivity index (χ0) is 22.1. The second-order valence-electron chi connectivity index (χ2n) is 8.10. The summed E-state index contributed by atoms with van der Waals surface area (Å²) in [6.07, 6.45) is 4.03. The summed E-state index contributed by atoms with van der Waals surface area (Å²) in [5, 5.41) is 4.06. The lowest BCUT2D eigenvalue weighted by Gasteiger charge is -2.21. The summed E-state index contributed by atoms with van der Waals surface area (Å²) in [6, 6.07) is 24.0. The SMILES string of the molecule is CSc1c(-c2ccccc2)nc2ccccc2c1C(=O)NC(c1cccc(F)c1)C1CC1. The lowest BCUT2D eigenvalue weighted by Crippen LogP contribution is -2.30. The van der Waals surface area contributed by atoms with Crippen molar-refractivity contribution in [2.75, 3.05) is 6.26 Å². The molecule has 0 aliphatic heterocycles. The molecule has 0 bridgehead atoms. The average Bonchev–Trinajstić information content (AvgIpc) is 3.67. The molecule has 32 heavy (non-hydrogen) atoms. The van der Waals surface area contributed by atoms with E-state index >= 15 is 0 Å². The number of halogens is 1. The number of carbonyl (C=O) groups excluding carboxylic acids is 1. The molecule has 3 nitrogen and oxygen atoms in total. The largest absolute Gasteiger partial charge is 0.345 e. The zero-order valence-electron chi connectivity index (χ0n) is 17.7. The van der Waals surface area contributed by atoms with Crippen molar-refractivity contribution in [3.8, 4) is 11.3 Å². The monoisotopic (exact) mass is 442 g/mol. The maximum absolute atomic E-state index is 13.9. The van der Waals surface area contributed by atoms with E-state index in [2.05, 4.69) is 5.32 Å². The fourth-order valence-electron chi connectivity index (χ4n) is 4.23. The van der Waals surface area contributed by atoms with Crippen LogP contribution in [0, 0.1) is 11.7 Å². The lowest BCUT2D eigenvalue weighted by atomic mass is 9.99. The van der Waals surface area contributed by atoms with Crippen LogP contribution in [0.15, 0.2) is 83.8 Å². The Kier molecular flexibility index (Phi) is 5.66. The highest BCUT2D eigenvalue weighted by molar-refractivity contribution is 7.98. The molecule has 0 spiro atoms. The van der Waals surface area contributed by atoms with E-state index in [1.165, 1.54) is 23.9 Å². The molecule has 0 saturated heterocycles. The Bertz CT molecular complexity index is 1290. The molecule has 1 aliphatic rings. The van der Waals surface area contributed by atoms with Crippen LogP contribution in [-0.4, -0.2) is 17.1 Å². The van der Waals surface area contributed by atoms with Gasteiger partial charge in [0.25, 0.3) is 5.91 Å². The van der Waals surface area contributed by atoms with Gasteiger partial charge < -0.3 is 5.32 Å². The number of aromatic nitrogens is 1. The number of thioether (sulfide) groups is 1. The zero-order valence-corrected chi connectivity index (χ0v) is 18.5. The minimum absolute atomic E-state index is 0.147. The van der Waals surface area contributed by atoms with Gasteiger partial charge in [-0.05, 0) is 48.8 Å². The summed E-state index contributed by atoms with van der Waals surface area (Å²) in [5.74, 6) is -0.0978. The molecule has 1 fully saturated rings. The molecule has 1 aromatic heterocycles. The molecule has 1 atom stereocenters. The van der Waals surface area contributed by atoms with Gasteiger partial charge in [-0.2, -0.15) is 0 Å². The van der Waals surface area contributed by atoms with Crippen molar-refractivity contribution in [1.82, 2.24) is 10.3 Å². The van der Waals surface area contributed by atoms with Crippen LogP contribution in [0.4, 0.5) is 4.39 Å².